The van der Waals surface area contributed by atoms with Crippen molar-refractivity contribution in [2.45, 2.75) is 70.8 Å². The van der Waals surface area contributed by atoms with Crippen molar-refractivity contribution in [2.24, 2.45) is 0 Å². The largest absolute Gasteiger partial charge is 0.443 e. The Morgan fingerprint density at radius 1 is 1.00 bits per heavy atom. The smallest absolute Gasteiger partial charge is 0.433 e. The molecule has 0 aromatic heterocycles. The van der Waals surface area contributed by atoms with Crippen molar-refractivity contribution in [3.05, 3.63) is 71.8 Å². The summed E-state index contributed by atoms with van der Waals surface area (Å²) in [6, 6.07) is 19.2. The molecule has 0 heterocycles. The maximum atomic E-state index is 13.1. The molecule has 0 aliphatic carbocycles. The van der Waals surface area contributed by atoms with Gasteiger partial charge in [0.1, 0.15) is 12.9 Å². The van der Waals surface area contributed by atoms with Crippen LogP contribution in [0, 0.1) is 0 Å². The molecule has 0 N–H and O–H groups in total. The van der Waals surface area contributed by atoms with Crippen molar-refractivity contribution < 1.29 is 18.9 Å². The second-order valence-electron chi connectivity index (χ2n) is 9.30. The van der Waals surface area contributed by atoms with Crippen molar-refractivity contribution in [3.63, 3.8) is 0 Å². The fourth-order valence-corrected chi connectivity index (χ4v) is 3.84. The number of hydroxylamine groups is 2. The van der Waals surface area contributed by atoms with E-state index in [1.54, 1.807) is 0 Å². The van der Waals surface area contributed by atoms with E-state index in [-0.39, 0.29) is 18.1 Å². The van der Waals surface area contributed by atoms with Crippen LogP contribution in [0.5, 0.6) is 0 Å². The normalized spacial score (nSPS) is 12.8. The number of ether oxygens (including phenoxy) is 1. The Hall–Kier alpha value is -2.44. The Balaban J connectivity index is 2.21. The molecule has 0 fully saturated rings. The van der Waals surface area contributed by atoms with Gasteiger partial charge in [0.05, 0.1) is 6.04 Å². The van der Waals surface area contributed by atoms with Crippen LogP contribution in [0.1, 0.15) is 44.7 Å². The summed E-state index contributed by atoms with van der Waals surface area (Å²) in [5, 5.41) is 1.24. The summed E-state index contributed by atoms with van der Waals surface area (Å²) in [5.74, 6) is 0. The summed E-state index contributed by atoms with van der Waals surface area (Å²) in [4.78, 5) is 24.6. The SMILES string of the molecule is CC(C)(C)[Si](C)(C)ON(C(=O)OCc1ccccc1)[C@H](CC=O)CCc1ccccc1. The molecular weight excluding hydrogens is 406 g/mol. The number of amides is 1. The number of hydrogen-bond acceptors (Lipinski definition) is 4. The Labute approximate surface area is 187 Å². The molecule has 6 heteroatoms. The summed E-state index contributed by atoms with van der Waals surface area (Å²) in [5.41, 5.74) is 2.06. The molecular formula is C25H35NO4Si. The fourth-order valence-electron chi connectivity index (χ4n) is 2.85. The second-order valence-corrected chi connectivity index (χ2v) is 14.0. The highest BCUT2D eigenvalue weighted by atomic mass is 28.4. The number of aldehydes is 1. The van der Waals surface area contributed by atoms with E-state index in [0.29, 0.717) is 6.42 Å². The number of hydrogen-bond donors (Lipinski definition) is 0. The summed E-state index contributed by atoms with van der Waals surface area (Å²) in [6.07, 6.45) is 1.85. The quantitative estimate of drug-likeness (QED) is 0.252. The van der Waals surface area contributed by atoms with Gasteiger partial charge in [-0.1, -0.05) is 81.4 Å². The molecule has 0 bridgehead atoms. The number of carbonyl (C=O) groups excluding carboxylic acids is 2. The molecule has 0 aliphatic heterocycles. The zero-order valence-electron chi connectivity index (χ0n) is 19.3. The molecule has 168 valence electrons. The molecule has 2 aromatic rings. The van der Waals surface area contributed by atoms with Gasteiger partial charge in [0.15, 0.2) is 0 Å². The highest BCUT2D eigenvalue weighted by Gasteiger charge is 2.42. The van der Waals surface area contributed by atoms with E-state index in [9.17, 15) is 9.59 Å². The van der Waals surface area contributed by atoms with Gasteiger partial charge in [0.25, 0.3) is 0 Å². The van der Waals surface area contributed by atoms with Crippen LogP contribution in [0.25, 0.3) is 0 Å². The van der Waals surface area contributed by atoms with E-state index in [2.05, 4.69) is 33.9 Å². The third-order valence-electron chi connectivity index (χ3n) is 5.83. The van der Waals surface area contributed by atoms with E-state index >= 15 is 0 Å². The predicted molar refractivity (Wildman–Crippen MR) is 126 cm³/mol. The topological polar surface area (TPSA) is 55.8 Å². The van der Waals surface area contributed by atoms with E-state index in [0.717, 1.165) is 23.8 Å². The van der Waals surface area contributed by atoms with E-state index in [1.165, 1.54) is 5.06 Å². The third-order valence-corrected chi connectivity index (χ3v) is 10.1. The predicted octanol–water partition coefficient (Wildman–Crippen LogP) is 6.15. The third kappa shape index (κ3) is 7.63. The molecule has 5 nitrogen and oxygen atoms in total. The molecule has 0 spiro atoms. The van der Waals surface area contributed by atoms with Crippen LogP contribution in [0.15, 0.2) is 60.7 Å². The van der Waals surface area contributed by atoms with Crippen LogP contribution in [-0.4, -0.2) is 31.8 Å². The number of benzene rings is 2. The lowest BCUT2D eigenvalue weighted by Gasteiger charge is -2.41. The zero-order chi connectivity index (χ0) is 22.9. The summed E-state index contributed by atoms with van der Waals surface area (Å²) < 4.78 is 12.0. The van der Waals surface area contributed by atoms with E-state index < -0.39 is 20.5 Å². The minimum atomic E-state index is -2.33. The Kier molecular flexibility index (Phi) is 9.01. The standard InChI is InChI=1S/C25H35NO4Si/c1-25(2,3)31(4,5)30-26(24(28)29-20-22-14-10-7-11-15-22)23(18-19-27)17-16-21-12-8-6-9-13-21/h6-15,19,23H,16-18,20H2,1-5H3/t23-/m0/s1. The molecule has 31 heavy (non-hydrogen) atoms. The summed E-state index contributed by atoms with van der Waals surface area (Å²) in [7, 11) is -2.33. The van der Waals surface area contributed by atoms with Gasteiger partial charge in [0.2, 0.25) is 8.32 Å². The Morgan fingerprint density at radius 3 is 2.06 bits per heavy atom. The van der Waals surface area contributed by atoms with Gasteiger partial charge in [-0.2, -0.15) is 5.06 Å². The molecule has 0 saturated carbocycles. The van der Waals surface area contributed by atoms with Gasteiger partial charge >= 0.3 is 6.09 Å². The van der Waals surface area contributed by atoms with Crippen molar-refractivity contribution in [3.8, 4) is 0 Å². The van der Waals surface area contributed by atoms with Crippen LogP contribution in [0.4, 0.5) is 4.79 Å². The lowest BCUT2D eigenvalue weighted by molar-refractivity contribution is -0.117. The second kappa shape index (κ2) is 11.3. The van der Waals surface area contributed by atoms with Gasteiger partial charge in [-0.25, -0.2) is 4.79 Å². The maximum Gasteiger partial charge on any atom is 0.433 e. The highest BCUT2D eigenvalue weighted by Crippen LogP contribution is 2.38. The highest BCUT2D eigenvalue weighted by molar-refractivity contribution is 6.74. The molecule has 2 rings (SSSR count). The number of carbonyl (C=O) groups is 2. The molecule has 1 amide bonds. The number of nitrogens with zero attached hydrogens (tertiary/aromatic N) is 1. The number of rotatable bonds is 10. The van der Waals surface area contributed by atoms with Crippen molar-refractivity contribution in [1.29, 1.82) is 0 Å². The molecule has 0 unspecified atom stereocenters. The molecule has 1 atom stereocenters. The first kappa shape index (κ1) is 24.8. The fraction of sp³-hybridized carbons (Fsp3) is 0.440. The maximum absolute atomic E-state index is 13.1. The van der Waals surface area contributed by atoms with Gasteiger partial charge in [-0.3, -0.25) is 0 Å². The first-order valence-electron chi connectivity index (χ1n) is 10.8. The molecule has 0 aliphatic rings. The average Bonchev–Trinajstić information content (AvgIpc) is 2.74. The van der Waals surface area contributed by atoms with E-state index in [4.69, 9.17) is 9.26 Å². The summed E-state index contributed by atoms with van der Waals surface area (Å²) >= 11 is 0. The monoisotopic (exact) mass is 441 g/mol. The average molecular weight is 442 g/mol. The summed E-state index contributed by atoms with van der Waals surface area (Å²) in [6.45, 7) is 10.7. The Morgan fingerprint density at radius 2 is 1.55 bits per heavy atom. The molecule has 0 radical (unpaired) electrons. The lowest BCUT2D eigenvalue weighted by Crippen LogP contribution is -2.52. The van der Waals surface area contributed by atoms with Crippen molar-refractivity contribution in [1.82, 2.24) is 5.06 Å². The minimum Gasteiger partial charge on any atom is -0.443 e. The first-order chi connectivity index (χ1) is 14.6. The Bertz CT molecular complexity index is 818. The van der Waals surface area contributed by atoms with E-state index in [1.807, 2.05) is 60.7 Å². The van der Waals surface area contributed by atoms with Gasteiger partial charge in [-0.05, 0) is 42.1 Å². The minimum absolute atomic E-state index is 0.101. The zero-order valence-corrected chi connectivity index (χ0v) is 20.3. The van der Waals surface area contributed by atoms with Crippen LogP contribution >= 0.6 is 0 Å². The van der Waals surface area contributed by atoms with Gasteiger partial charge in [0, 0.05) is 6.42 Å². The molecule has 0 saturated heterocycles. The van der Waals surface area contributed by atoms with Crippen LogP contribution < -0.4 is 0 Å². The van der Waals surface area contributed by atoms with Crippen LogP contribution in [0.2, 0.25) is 18.1 Å². The van der Waals surface area contributed by atoms with Gasteiger partial charge < -0.3 is 14.1 Å². The lowest BCUT2D eigenvalue weighted by atomic mass is 10.0. The van der Waals surface area contributed by atoms with Crippen LogP contribution in [-0.2, 0) is 27.1 Å². The van der Waals surface area contributed by atoms with Gasteiger partial charge in [-0.15, -0.1) is 0 Å². The first-order valence-corrected chi connectivity index (χ1v) is 13.7. The number of aryl methyl sites for hydroxylation is 1. The molecule has 2 aromatic carbocycles. The van der Waals surface area contributed by atoms with Crippen molar-refractivity contribution >= 4 is 20.7 Å². The van der Waals surface area contributed by atoms with Crippen LogP contribution in [0.3, 0.4) is 0 Å². The van der Waals surface area contributed by atoms with Crippen molar-refractivity contribution in [2.75, 3.05) is 0 Å².